The molecular weight excluding hydrogens is 277 g/mol. The predicted octanol–water partition coefficient (Wildman–Crippen LogP) is 3.13. The minimum atomic E-state index is -0.572. The first-order chi connectivity index (χ1) is 10.1. The molecule has 21 heavy (non-hydrogen) atoms. The molecule has 5 nitrogen and oxygen atoms in total. The van der Waals surface area contributed by atoms with E-state index in [0.717, 1.165) is 0 Å². The molecule has 0 heterocycles. The summed E-state index contributed by atoms with van der Waals surface area (Å²) in [6.45, 7) is -0.303. The molecule has 108 valence electrons. The van der Waals surface area contributed by atoms with E-state index in [1.54, 1.807) is 18.2 Å². The zero-order chi connectivity index (χ0) is 15.2. The number of hydrogen-bond donors (Lipinski definition) is 0. The lowest BCUT2D eigenvalue weighted by Crippen LogP contribution is -2.10. The van der Waals surface area contributed by atoms with E-state index in [4.69, 9.17) is 4.74 Å². The monoisotopic (exact) mass is 289 g/mol. The summed E-state index contributed by atoms with van der Waals surface area (Å²) in [6.07, 6.45) is 0. The average Bonchev–Trinajstić information content (AvgIpc) is 2.49. The molecule has 0 amide bonds. The molecule has 0 fully saturated rings. The maximum atomic E-state index is 13.3. The highest BCUT2D eigenvalue weighted by Crippen LogP contribution is 2.14. The summed E-state index contributed by atoms with van der Waals surface area (Å²) >= 11 is 0. The molecule has 0 unspecified atom stereocenters. The molecule has 2 rings (SSSR count). The summed E-state index contributed by atoms with van der Waals surface area (Å²) in [4.78, 5) is 21.9. The molecule has 0 atom stereocenters. The molecule has 0 aliphatic heterocycles. The Morgan fingerprint density at radius 1 is 1.19 bits per heavy atom. The maximum Gasteiger partial charge on any atom is 0.270 e. The SMILES string of the molecule is O=C(COCc1ccccc1F)c1cccc([N+](=O)[O-])c1. The number of rotatable bonds is 6. The van der Waals surface area contributed by atoms with E-state index in [9.17, 15) is 19.3 Å². The van der Waals surface area contributed by atoms with E-state index in [2.05, 4.69) is 0 Å². The summed E-state index contributed by atoms with van der Waals surface area (Å²) < 4.78 is 18.5. The highest BCUT2D eigenvalue weighted by Gasteiger charge is 2.12. The van der Waals surface area contributed by atoms with Gasteiger partial charge in [0.15, 0.2) is 5.78 Å². The Bertz CT molecular complexity index is 672. The number of ether oxygens (including phenoxy) is 1. The molecule has 0 radical (unpaired) electrons. The van der Waals surface area contributed by atoms with Crippen LogP contribution in [-0.4, -0.2) is 17.3 Å². The first kappa shape index (κ1) is 14.8. The standard InChI is InChI=1S/C15H12FNO4/c16-14-7-2-1-4-12(14)9-21-10-15(18)11-5-3-6-13(8-11)17(19)20/h1-8H,9-10H2. The molecule has 0 saturated carbocycles. The normalized spacial score (nSPS) is 10.3. The molecule has 2 aromatic carbocycles. The van der Waals surface area contributed by atoms with Crippen molar-refractivity contribution in [1.29, 1.82) is 0 Å². The molecule has 0 aliphatic carbocycles. The van der Waals surface area contributed by atoms with Crippen molar-refractivity contribution in [2.24, 2.45) is 0 Å². The lowest BCUT2D eigenvalue weighted by Gasteiger charge is -2.05. The minimum Gasteiger partial charge on any atom is -0.369 e. The van der Waals surface area contributed by atoms with Gasteiger partial charge in [-0.1, -0.05) is 30.3 Å². The van der Waals surface area contributed by atoms with Gasteiger partial charge in [0.25, 0.3) is 5.69 Å². The fourth-order valence-corrected chi connectivity index (χ4v) is 1.75. The molecule has 0 bridgehead atoms. The fraction of sp³-hybridized carbons (Fsp3) is 0.133. The average molecular weight is 289 g/mol. The van der Waals surface area contributed by atoms with Gasteiger partial charge in [0.1, 0.15) is 12.4 Å². The van der Waals surface area contributed by atoms with Crippen LogP contribution in [-0.2, 0) is 11.3 Å². The number of ketones is 1. The molecular formula is C15H12FNO4. The third kappa shape index (κ3) is 3.93. The van der Waals surface area contributed by atoms with Gasteiger partial charge in [-0.2, -0.15) is 0 Å². The lowest BCUT2D eigenvalue weighted by atomic mass is 10.1. The Hall–Kier alpha value is -2.60. The van der Waals surface area contributed by atoms with Crippen LogP contribution in [0.3, 0.4) is 0 Å². The van der Waals surface area contributed by atoms with E-state index in [1.807, 2.05) is 0 Å². The lowest BCUT2D eigenvalue weighted by molar-refractivity contribution is -0.384. The van der Waals surface area contributed by atoms with E-state index in [-0.39, 0.29) is 24.5 Å². The van der Waals surface area contributed by atoms with Crippen LogP contribution in [0, 0.1) is 15.9 Å². The Balaban J connectivity index is 1.95. The minimum absolute atomic E-state index is 0.0344. The zero-order valence-electron chi connectivity index (χ0n) is 11.0. The number of hydrogen-bond acceptors (Lipinski definition) is 4. The zero-order valence-corrected chi connectivity index (χ0v) is 11.0. The molecule has 6 heteroatoms. The molecule has 0 spiro atoms. The Kier molecular flexibility index (Phi) is 4.73. The second kappa shape index (κ2) is 6.71. The topological polar surface area (TPSA) is 69.4 Å². The second-order valence-electron chi connectivity index (χ2n) is 4.31. The van der Waals surface area contributed by atoms with Crippen molar-refractivity contribution >= 4 is 11.5 Å². The molecule has 0 aliphatic rings. The van der Waals surface area contributed by atoms with Crippen LogP contribution >= 0.6 is 0 Å². The van der Waals surface area contributed by atoms with Gasteiger partial charge < -0.3 is 4.74 Å². The van der Waals surface area contributed by atoms with Gasteiger partial charge in [-0.25, -0.2) is 4.39 Å². The number of benzene rings is 2. The predicted molar refractivity (Wildman–Crippen MR) is 73.5 cm³/mol. The van der Waals surface area contributed by atoms with Crippen LogP contribution < -0.4 is 0 Å². The summed E-state index contributed by atoms with van der Waals surface area (Å²) in [6, 6.07) is 11.5. The van der Waals surface area contributed by atoms with Gasteiger partial charge in [-0.3, -0.25) is 14.9 Å². The summed E-state index contributed by atoms with van der Waals surface area (Å²) in [5.74, 6) is -0.796. The highest BCUT2D eigenvalue weighted by molar-refractivity contribution is 5.97. The highest BCUT2D eigenvalue weighted by atomic mass is 19.1. The number of non-ortho nitro benzene ring substituents is 1. The van der Waals surface area contributed by atoms with Gasteiger partial charge in [0, 0.05) is 23.3 Å². The largest absolute Gasteiger partial charge is 0.369 e. The number of nitro benzene ring substituents is 1. The van der Waals surface area contributed by atoms with Crippen LogP contribution in [0.1, 0.15) is 15.9 Å². The Labute approximate surface area is 120 Å². The van der Waals surface area contributed by atoms with Gasteiger partial charge in [0.05, 0.1) is 11.5 Å². The van der Waals surface area contributed by atoms with Crippen molar-refractivity contribution in [3.63, 3.8) is 0 Å². The first-order valence-electron chi connectivity index (χ1n) is 6.17. The van der Waals surface area contributed by atoms with Crippen LogP contribution in [0.15, 0.2) is 48.5 Å². The van der Waals surface area contributed by atoms with Crippen LogP contribution in [0.4, 0.5) is 10.1 Å². The summed E-state index contributed by atoms with van der Waals surface area (Å²) in [5.41, 5.74) is 0.386. The van der Waals surface area contributed by atoms with Gasteiger partial charge in [-0.15, -0.1) is 0 Å². The number of nitrogens with zero attached hydrogens (tertiary/aromatic N) is 1. The summed E-state index contributed by atoms with van der Waals surface area (Å²) in [5, 5.41) is 10.6. The number of Topliss-reactive ketones (excluding diaryl/α,β-unsaturated/α-hetero) is 1. The number of nitro groups is 1. The summed E-state index contributed by atoms with van der Waals surface area (Å²) in [7, 11) is 0. The Morgan fingerprint density at radius 3 is 2.67 bits per heavy atom. The molecule has 0 aromatic heterocycles. The van der Waals surface area contributed by atoms with Gasteiger partial charge in [-0.05, 0) is 6.07 Å². The van der Waals surface area contributed by atoms with Crippen LogP contribution in [0.2, 0.25) is 0 Å². The smallest absolute Gasteiger partial charge is 0.270 e. The van der Waals surface area contributed by atoms with E-state index >= 15 is 0 Å². The maximum absolute atomic E-state index is 13.3. The Morgan fingerprint density at radius 2 is 1.95 bits per heavy atom. The third-order valence-corrected chi connectivity index (χ3v) is 2.83. The van der Waals surface area contributed by atoms with Crippen LogP contribution in [0.25, 0.3) is 0 Å². The third-order valence-electron chi connectivity index (χ3n) is 2.83. The van der Waals surface area contributed by atoms with Crippen molar-refractivity contribution in [3.8, 4) is 0 Å². The number of carbonyl (C=O) groups is 1. The van der Waals surface area contributed by atoms with E-state index in [0.29, 0.717) is 5.56 Å². The fourth-order valence-electron chi connectivity index (χ4n) is 1.75. The van der Waals surface area contributed by atoms with Crippen molar-refractivity contribution in [2.45, 2.75) is 6.61 Å². The van der Waals surface area contributed by atoms with Crippen molar-refractivity contribution < 1.29 is 18.8 Å². The van der Waals surface area contributed by atoms with Crippen molar-refractivity contribution in [2.75, 3.05) is 6.61 Å². The number of carbonyl (C=O) groups excluding carboxylic acids is 1. The second-order valence-corrected chi connectivity index (χ2v) is 4.31. The van der Waals surface area contributed by atoms with Crippen molar-refractivity contribution in [3.05, 3.63) is 75.6 Å². The molecule has 2 aromatic rings. The van der Waals surface area contributed by atoms with E-state index in [1.165, 1.54) is 30.3 Å². The van der Waals surface area contributed by atoms with Gasteiger partial charge in [0.2, 0.25) is 0 Å². The van der Waals surface area contributed by atoms with E-state index < -0.39 is 16.5 Å². The first-order valence-corrected chi connectivity index (χ1v) is 6.17. The van der Waals surface area contributed by atoms with Crippen LogP contribution in [0.5, 0.6) is 0 Å². The number of halogens is 1. The quantitative estimate of drug-likeness (QED) is 0.465. The van der Waals surface area contributed by atoms with Gasteiger partial charge >= 0.3 is 0 Å². The molecule has 0 saturated heterocycles. The molecule has 0 N–H and O–H groups in total. The van der Waals surface area contributed by atoms with Crippen molar-refractivity contribution in [1.82, 2.24) is 0 Å².